The number of nitrogens with two attached hydrogens (primary N) is 1. The molecule has 31 heavy (non-hydrogen) atoms. The van der Waals surface area contributed by atoms with Crippen LogP contribution in [0, 0.1) is 0 Å². The van der Waals surface area contributed by atoms with Crippen LogP contribution in [0.25, 0.3) is 11.1 Å². The number of nitrogens with zero attached hydrogens (tertiary/aromatic N) is 1. The Balaban J connectivity index is 2.01. The van der Waals surface area contributed by atoms with Crippen LogP contribution < -0.4 is 16.6 Å². The second-order valence-corrected chi connectivity index (χ2v) is 7.17. The van der Waals surface area contributed by atoms with Gasteiger partial charge in [-0.3, -0.25) is 10.1 Å². The zero-order valence-corrected chi connectivity index (χ0v) is 17.1. The second-order valence-electron chi connectivity index (χ2n) is 7.17. The maximum atomic E-state index is 12.7. The Hall–Kier alpha value is -3.94. The summed E-state index contributed by atoms with van der Waals surface area (Å²) < 4.78 is 0. The lowest BCUT2D eigenvalue weighted by Gasteiger charge is -2.13. The van der Waals surface area contributed by atoms with E-state index in [0.29, 0.717) is 28.8 Å². The summed E-state index contributed by atoms with van der Waals surface area (Å²) in [7, 11) is 0. The van der Waals surface area contributed by atoms with E-state index in [-0.39, 0.29) is 17.9 Å². The molecule has 0 aliphatic heterocycles. The highest BCUT2D eigenvalue weighted by atomic mass is 16.4. The minimum Gasteiger partial charge on any atom is -0.478 e. The maximum Gasteiger partial charge on any atom is 0.336 e. The molecule has 0 radical (unpaired) electrons. The van der Waals surface area contributed by atoms with Crippen LogP contribution in [0.15, 0.2) is 53.3 Å². The van der Waals surface area contributed by atoms with E-state index in [1.165, 1.54) is 0 Å². The van der Waals surface area contributed by atoms with Gasteiger partial charge in [-0.2, -0.15) is 4.98 Å². The molecule has 0 spiro atoms. The number of amides is 2. The number of hydrogen-bond acceptors (Lipinski definition) is 4. The predicted molar refractivity (Wildman–Crippen MR) is 118 cm³/mol. The van der Waals surface area contributed by atoms with Crippen molar-refractivity contribution in [3.05, 3.63) is 81.3 Å². The van der Waals surface area contributed by atoms with Crippen molar-refractivity contribution in [1.29, 1.82) is 0 Å². The highest BCUT2D eigenvalue weighted by molar-refractivity contribution is 5.96. The Morgan fingerprint density at radius 2 is 1.90 bits per heavy atom. The van der Waals surface area contributed by atoms with Crippen molar-refractivity contribution in [1.82, 2.24) is 9.97 Å². The quantitative estimate of drug-likeness (QED) is 0.441. The van der Waals surface area contributed by atoms with Crippen molar-refractivity contribution in [2.45, 2.75) is 32.6 Å². The van der Waals surface area contributed by atoms with Gasteiger partial charge in [0.15, 0.2) is 0 Å². The molecule has 0 aliphatic rings. The fourth-order valence-electron chi connectivity index (χ4n) is 3.42. The average molecular weight is 420 g/mol. The number of hydrogen-bond donors (Lipinski definition) is 4. The van der Waals surface area contributed by atoms with E-state index in [2.05, 4.69) is 15.3 Å². The third-order valence-electron chi connectivity index (χ3n) is 4.91. The summed E-state index contributed by atoms with van der Waals surface area (Å²) in [6.45, 7) is 2.03. The van der Waals surface area contributed by atoms with E-state index in [4.69, 9.17) is 5.73 Å². The van der Waals surface area contributed by atoms with Crippen molar-refractivity contribution in [2.24, 2.45) is 5.73 Å². The lowest BCUT2D eigenvalue weighted by Crippen LogP contribution is -2.26. The van der Waals surface area contributed by atoms with Crippen LogP contribution in [0.2, 0.25) is 0 Å². The number of aromatic nitrogens is 2. The average Bonchev–Trinajstić information content (AvgIpc) is 2.74. The summed E-state index contributed by atoms with van der Waals surface area (Å²) in [4.78, 5) is 42.5. The molecule has 3 rings (SSSR count). The van der Waals surface area contributed by atoms with Crippen molar-refractivity contribution in [3.63, 3.8) is 0 Å². The molecule has 8 nitrogen and oxygen atoms in total. The van der Waals surface area contributed by atoms with Crippen LogP contribution in [0.3, 0.4) is 0 Å². The van der Waals surface area contributed by atoms with Gasteiger partial charge in [0.1, 0.15) is 0 Å². The molecule has 0 unspecified atom stereocenters. The molecule has 0 saturated heterocycles. The van der Waals surface area contributed by atoms with Crippen molar-refractivity contribution in [3.8, 4) is 11.1 Å². The van der Waals surface area contributed by atoms with Crippen LogP contribution in [0.5, 0.6) is 0 Å². The Morgan fingerprint density at radius 3 is 2.55 bits per heavy atom. The standard InChI is InChI=1S/C23H24N4O4/c1-2-3-9-19-18(20(28)26-23(25-19)27-22(24)31)13-14-10-11-16(17(12-14)21(29)30)15-7-5-4-6-8-15/h4-8,10-12H,2-3,9,13H2,1H3,(H,29,30)(H4,24,25,26,27,28,31). The molecule has 0 atom stereocenters. The Labute approximate surface area is 179 Å². The number of nitrogens with one attached hydrogen (secondary N) is 2. The first-order valence-corrected chi connectivity index (χ1v) is 9.99. The summed E-state index contributed by atoms with van der Waals surface area (Å²) in [6.07, 6.45) is 2.55. The van der Waals surface area contributed by atoms with Gasteiger partial charge in [0, 0.05) is 17.7 Å². The van der Waals surface area contributed by atoms with E-state index in [1.807, 2.05) is 43.3 Å². The number of H-pyrrole nitrogens is 1. The lowest BCUT2D eigenvalue weighted by molar-refractivity contribution is 0.0697. The first kappa shape index (κ1) is 21.8. The van der Waals surface area contributed by atoms with Gasteiger partial charge in [-0.25, -0.2) is 9.59 Å². The number of urea groups is 1. The van der Waals surface area contributed by atoms with Crippen LogP contribution >= 0.6 is 0 Å². The highest BCUT2D eigenvalue weighted by Crippen LogP contribution is 2.26. The van der Waals surface area contributed by atoms with E-state index in [0.717, 1.165) is 18.4 Å². The summed E-state index contributed by atoms with van der Waals surface area (Å²) >= 11 is 0. The normalized spacial score (nSPS) is 10.6. The minimum absolute atomic E-state index is 0.00185. The lowest BCUT2D eigenvalue weighted by atomic mass is 9.94. The van der Waals surface area contributed by atoms with Crippen LogP contribution in [-0.2, 0) is 12.8 Å². The molecule has 2 aromatic carbocycles. The number of unbranched alkanes of at least 4 members (excludes halogenated alkanes) is 1. The molecule has 0 aliphatic carbocycles. The number of benzene rings is 2. The molecule has 3 aromatic rings. The van der Waals surface area contributed by atoms with Gasteiger partial charge in [0.25, 0.3) is 5.56 Å². The number of anilines is 1. The summed E-state index contributed by atoms with van der Waals surface area (Å²) in [6, 6.07) is 13.6. The second kappa shape index (κ2) is 9.71. The topological polar surface area (TPSA) is 138 Å². The van der Waals surface area contributed by atoms with Gasteiger partial charge >= 0.3 is 12.0 Å². The fraction of sp³-hybridized carbons (Fsp3) is 0.217. The number of carbonyl (C=O) groups excluding carboxylic acids is 1. The minimum atomic E-state index is -1.04. The highest BCUT2D eigenvalue weighted by Gasteiger charge is 2.16. The van der Waals surface area contributed by atoms with Crippen LogP contribution in [0.4, 0.5) is 10.7 Å². The molecule has 2 amide bonds. The van der Waals surface area contributed by atoms with E-state index in [9.17, 15) is 19.5 Å². The molecule has 8 heteroatoms. The molecular weight excluding hydrogens is 396 g/mol. The van der Waals surface area contributed by atoms with E-state index < -0.39 is 17.6 Å². The largest absolute Gasteiger partial charge is 0.478 e. The van der Waals surface area contributed by atoms with Gasteiger partial charge in [-0.05, 0) is 35.6 Å². The molecule has 0 saturated carbocycles. The fourth-order valence-corrected chi connectivity index (χ4v) is 3.42. The number of aryl methyl sites for hydroxylation is 1. The molecule has 160 valence electrons. The van der Waals surface area contributed by atoms with Gasteiger partial charge in [0.2, 0.25) is 5.95 Å². The third-order valence-corrected chi connectivity index (χ3v) is 4.91. The van der Waals surface area contributed by atoms with Gasteiger partial charge in [0.05, 0.1) is 5.56 Å². The van der Waals surface area contributed by atoms with Gasteiger partial charge in [-0.1, -0.05) is 55.8 Å². The summed E-state index contributed by atoms with van der Waals surface area (Å²) in [5.41, 5.74) is 7.97. The SMILES string of the molecule is CCCCc1[nH]c(NC(N)=O)nc(=O)c1Cc1ccc(-c2ccccc2)c(C(=O)O)c1. The first-order chi connectivity index (χ1) is 14.9. The van der Waals surface area contributed by atoms with Gasteiger partial charge < -0.3 is 15.8 Å². The van der Waals surface area contributed by atoms with E-state index >= 15 is 0 Å². The monoisotopic (exact) mass is 420 g/mol. The smallest absolute Gasteiger partial charge is 0.336 e. The third kappa shape index (κ3) is 5.36. The van der Waals surface area contributed by atoms with Crippen molar-refractivity contribution in [2.75, 3.05) is 5.32 Å². The Bertz CT molecular complexity index is 1160. The summed E-state index contributed by atoms with van der Waals surface area (Å²) in [5.74, 6) is -1.04. The molecular formula is C23H24N4O4. The molecule has 0 fully saturated rings. The zero-order valence-electron chi connectivity index (χ0n) is 17.1. The number of carboxylic acid groups (broad SMARTS) is 1. The Morgan fingerprint density at radius 1 is 1.16 bits per heavy atom. The predicted octanol–water partition coefficient (Wildman–Crippen LogP) is 3.56. The van der Waals surface area contributed by atoms with E-state index in [1.54, 1.807) is 12.1 Å². The first-order valence-electron chi connectivity index (χ1n) is 9.99. The number of primary amides is 1. The molecule has 0 bridgehead atoms. The number of carboxylic acids is 1. The maximum absolute atomic E-state index is 12.7. The Kier molecular flexibility index (Phi) is 6.81. The number of aromatic amines is 1. The van der Waals surface area contributed by atoms with Crippen LogP contribution in [0.1, 0.15) is 46.9 Å². The van der Waals surface area contributed by atoms with Crippen molar-refractivity contribution >= 4 is 17.9 Å². The van der Waals surface area contributed by atoms with Crippen LogP contribution in [-0.4, -0.2) is 27.1 Å². The molecule has 1 heterocycles. The number of aromatic carboxylic acids is 1. The zero-order chi connectivity index (χ0) is 22.4. The summed E-state index contributed by atoms with van der Waals surface area (Å²) in [5, 5.41) is 12.0. The number of rotatable bonds is 8. The molecule has 1 aromatic heterocycles. The van der Waals surface area contributed by atoms with Crippen molar-refractivity contribution < 1.29 is 14.7 Å². The van der Waals surface area contributed by atoms with Gasteiger partial charge in [-0.15, -0.1) is 0 Å². The molecule has 5 N–H and O–H groups in total. The number of carbonyl (C=O) groups is 2.